The maximum absolute atomic E-state index is 3.15. The van der Waals surface area contributed by atoms with Gasteiger partial charge < -0.3 is 0 Å². The van der Waals surface area contributed by atoms with Crippen LogP contribution in [0.15, 0.2) is 0 Å². The van der Waals surface area contributed by atoms with Gasteiger partial charge in [-0.05, 0) is 97.9 Å². The summed E-state index contributed by atoms with van der Waals surface area (Å²) >= 11 is 0. The summed E-state index contributed by atoms with van der Waals surface area (Å²) in [5.41, 5.74) is 1.61. The lowest BCUT2D eigenvalue weighted by Gasteiger charge is -2.45. The van der Waals surface area contributed by atoms with Crippen LogP contribution in [0.1, 0.15) is 111 Å². The summed E-state index contributed by atoms with van der Waals surface area (Å²) in [6.07, 6.45) is 19.7. The minimum Gasteiger partial charge on any atom is -0.134 e. The quantitative estimate of drug-likeness (QED) is 0.409. The van der Waals surface area contributed by atoms with E-state index in [-0.39, 0.29) is 0 Å². The maximum atomic E-state index is 3.15. The molecule has 0 aliphatic heterocycles. The number of hydrogen-bond acceptors (Lipinski definition) is 0. The Labute approximate surface area is 167 Å². The third kappa shape index (κ3) is 4.70. The van der Waals surface area contributed by atoms with Crippen molar-refractivity contribution in [3.63, 3.8) is 0 Å². The molecule has 3 rings (SSSR count). The van der Waals surface area contributed by atoms with E-state index in [0.29, 0.717) is 5.41 Å². The molecular formula is C25H47P. The highest BCUT2D eigenvalue weighted by Crippen LogP contribution is 2.58. The smallest absolute Gasteiger partial charge is 0.0241 e. The monoisotopic (exact) mass is 378 g/mol. The van der Waals surface area contributed by atoms with Crippen LogP contribution in [0.4, 0.5) is 0 Å². The van der Waals surface area contributed by atoms with Gasteiger partial charge in [0.15, 0.2) is 0 Å². The first-order valence-electron chi connectivity index (χ1n) is 12.2. The molecule has 0 saturated heterocycles. The Morgan fingerprint density at radius 1 is 0.962 bits per heavy atom. The second-order valence-corrected chi connectivity index (χ2v) is 12.1. The van der Waals surface area contributed by atoms with Crippen molar-refractivity contribution in [2.75, 3.05) is 0 Å². The second-order valence-electron chi connectivity index (χ2n) is 11.1. The molecule has 0 heterocycles. The number of hydrogen-bond donors (Lipinski definition) is 0. The molecular weight excluding hydrogens is 331 g/mol. The molecule has 0 nitrogen and oxygen atoms in total. The predicted molar refractivity (Wildman–Crippen MR) is 120 cm³/mol. The van der Waals surface area contributed by atoms with Crippen molar-refractivity contribution in [3.05, 3.63) is 0 Å². The van der Waals surface area contributed by atoms with Crippen LogP contribution >= 0.6 is 9.24 Å². The van der Waals surface area contributed by atoms with Crippen molar-refractivity contribution in [2.24, 2.45) is 40.9 Å². The van der Waals surface area contributed by atoms with Crippen molar-refractivity contribution >= 4 is 9.24 Å². The Balaban J connectivity index is 1.62. The van der Waals surface area contributed by atoms with Crippen molar-refractivity contribution in [1.82, 2.24) is 0 Å². The number of rotatable bonds is 6. The molecule has 0 N–H and O–H groups in total. The van der Waals surface area contributed by atoms with Gasteiger partial charge in [0.05, 0.1) is 0 Å². The van der Waals surface area contributed by atoms with Crippen molar-refractivity contribution in [3.8, 4) is 0 Å². The standard InChI is InChI=1S/C25H47P/c1-18(2)24-13-12-23(26)16-21(24)9-8-14-25(17-19(3)15-20(25)4)22-10-6-5-7-11-22/h18-24H,5-17,26H2,1-4H3/t19-,20+,21?,23?,24?,25?/m0/s1. The molecule has 0 aromatic rings. The third-order valence-electron chi connectivity index (χ3n) is 9.04. The highest BCUT2D eigenvalue weighted by atomic mass is 31.0. The summed E-state index contributed by atoms with van der Waals surface area (Å²) in [5, 5.41) is 0. The molecule has 3 saturated carbocycles. The Morgan fingerprint density at radius 3 is 2.31 bits per heavy atom. The van der Waals surface area contributed by atoms with Crippen molar-refractivity contribution < 1.29 is 0 Å². The van der Waals surface area contributed by atoms with Crippen LogP contribution < -0.4 is 0 Å². The fourth-order valence-electron chi connectivity index (χ4n) is 7.80. The van der Waals surface area contributed by atoms with Crippen LogP contribution in [-0.4, -0.2) is 5.66 Å². The minimum atomic E-state index is 0.711. The molecule has 0 bridgehead atoms. The van der Waals surface area contributed by atoms with E-state index in [4.69, 9.17) is 0 Å². The van der Waals surface area contributed by atoms with Gasteiger partial charge in [0.2, 0.25) is 0 Å². The Bertz CT molecular complexity index is 424. The highest BCUT2D eigenvalue weighted by Gasteiger charge is 2.48. The molecule has 3 aliphatic rings. The summed E-state index contributed by atoms with van der Waals surface area (Å²) < 4.78 is 0. The molecule has 0 aromatic heterocycles. The molecule has 0 amide bonds. The molecule has 5 unspecified atom stereocenters. The van der Waals surface area contributed by atoms with E-state index in [0.717, 1.165) is 41.2 Å². The Morgan fingerprint density at radius 2 is 1.69 bits per heavy atom. The van der Waals surface area contributed by atoms with Crippen LogP contribution in [0.3, 0.4) is 0 Å². The maximum Gasteiger partial charge on any atom is -0.0241 e. The lowest BCUT2D eigenvalue weighted by molar-refractivity contribution is 0.0558. The van der Waals surface area contributed by atoms with Gasteiger partial charge in [0.25, 0.3) is 0 Å². The zero-order chi connectivity index (χ0) is 18.7. The molecule has 1 heteroatoms. The molecule has 0 aromatic carbocycles. The summed E-state index contributed by atoms with van der Waals surface area (Å²) in [6, 6.07) is 0. The van der Waals surface area contributed by atoms with Crippen LogP contribution in [0.5, 0.6) is 0 Å². The van der Waals surface area contributed by atoms with Gasteiger partial charge in [0, 0.05) is 0 Å². The van der Waals surface area contributed by atoms with Crippen LogP contribution in [0, 0.1) is 40.9 Å². The topological polar surface area (TPSA) is 0 Å². The molecule has 3 aliphatic carbocycles. The first-order valence-corrected chi connectivity index (χ1v) is 12.8. The first kappa shape index (κ1) is 21.1. The minimum absolute atomic E-state index is 0.711. The largest absolute Gasteiger partial charge is 0.134 e. The highest BCUT2D eigenvalue weighted by molar-refractivity contribution is 7.17. The second kappa shape index (κ2) is 9.29. The van der Waals surface area contributed by atoms with Crippen LogP contribution in [0.2, 0.25) is 0 Å². The fourth-order valence-corrected chi connectivity index (χ4v) is 8.34. The molecule has 152 valence electrons. The van der Waals surface area contributed by atoms with E-state index in [1.807, 2.05) is 0 Å². The summed E-state index contributed by atoms with van der Waals surface area (Å²) in [7, 11) is 3.15. The molecule has 26 heavy (non-hydrogen) atoms. The van der Waals surface area contributed by atoms with E-state index in [1.165, 1.54) is 57.8 Å². The van der Waals surface area contributed by atoms with Gasteiger partial charge in [-0.15, -0.1) is 9.24 Å². The van der Waals surface area contributed by atoms with E-state index in [9.17, 15) is 0 Å². The van der Waals surface area contributed by atoms with Crippen molar-refractivity contribution in [1.29, 1.82) is 0 Å². The van der Waals surface area contributed by atoms with Gasteiger partial charge in [-0.3, -0.25) is 0 Å². The molecule has 3 fully saturated rings. The van der Waals surface area contributed by atoms with Crippen LogP contribution in [0.25, 0.3) is 0 Å². The normalized spacial score (nSPS) is 42.5. The lowest BCUT2D eigenvalue weighted by atomic mass is 9.61. The molecule has 0 radical (unpaired) electrons. The fraction of sp³-hybridized carbons (Fsp3) is 1.00. The Kier molecular flexibility index (Phi) is 7.55. The van der Waals surface area contributed by atoms with Gasteiger partial charge in [-0.1, -0.05) is 59.8 Å². The average Bonchev–Trinajstić information content (AvgIpc) is 2.90. The van der Waals surface area contributed by atoms with Gasteiger partial charge in [-0.2, -0.15) is 0 Å². The van der Waals surface area contributed by atoms with Gasteiger partial charge >= 0.3 is 0 Å². The first-order chi connectivity index (χ1) is 12.4. The zero-order valence-electron chi connectivity index (χ0n) is 18.3. The third-order valence-corrected chi connectivity index (χ3v) is 9.64. The van der Waals surface area contributed by atoms with E-state index in [1.54, 1.807) is 25.7 Å². The Hall–Kier alpha value is 0.430. The summed E-state index contributed by atoms with van der Waals surface area (Å²) in [6.45, 7) is 10.1. The lowest BCUT2D eigenvalue weighted by Crippen LogP contribution is -2.35. The SMILES string of the molecule is CC(C)C1CCC(P)CC1CCCC1(C2CCCCC2)C[C@@H](C)C[C@H]1C. The van der Waals surface area contributed by atoms with Crippen LogP contribution in [-0.2, 0) is 0 Å². The van der Waals surface area contributed by atoms with E-state index in [2.05, 4.69) is 36.9 Å². The van der Waals surface area contributed by atoms with E-state index >= 15 is 0 Å². The molecule has 0 spiro atoms. The molecule has 7 atom stereocenters. The predicted octanol–water partition coefficient (Wildman–Crippen LogP) is 8.11. The van der Waals surface area contributed by atoms with E-state index < -0.39 is 0 Å². The zero-order valence-corrected chi connectivity index (χ0v) is 19.5. The van der Waals surface area contributed by atoms with Gasteiger partial charge in [0.1, 0.15) is 0 Å². The summed E-state index contributed by atoms with van der Waals surface area (Å²) in [5.74, 6) is 5.89. The van der Waals surface area contributed by atoms with Crippen molar-refractivity contribution in [2.45, 2.75) is 117 Å². The summed E-state index contributed by atoms with van der Waals surface area (Å²) in [4.78, 5) is 0. The van der Waals surface area contributed by atoms with Gasteiger partial charge in [-0.25, -0.2) is 0 Å². The average molecular weight is 379 g/mol.